The van der Waals surface area contributed by atoms with Crippen molar-refractivity contribution in [3.8, 4) is 5.75 Å². The van der Waals surface area contributed by atoms with Gasteiger partial charge in [-0.05, 0) is 41.6 Å². The lowest BCUT2D eigenvalue weighted by Gasteiger charge is -2.14. The fourth-order valence-corrected chi connectivity index (χ4v) is 3.20. The number of carbonyl (C=O) groups excluding carboxylic acids is 1. The first-order valence-electron chi connectivity index (χ1n) is 8.50. The number of halogens is 2. The minimum Gasteiger partial charge on any atom is -0.506 e. The third-order valence-corrected chi connectivity index (χ3v) is 4.85. The normalized spacial score (nSPS) is 12.0. The minimum absolute atomic E-state index is 0.000935. The topological polar surface area (TPSA) is 86.6 Å². The van der Waals surface area contributed by atoms with Crippen molar-refractivity contribution in [2.24, 2.45) is 5.92 Å². The number of aromatic carboxylic acids is 1. The highest BCUT2D eigenvalue weighted by atomic mass is 35.5. The Bertz CT molecular complexity index is 1080. The first-order chi connectivity index (χ1) is 13.3. The lowest BCUT2D eigenvalue weighted by Crippen LogP contribution is -2.23. The van der Waals surface area contributed by atoms with E-state index in [0.29, 0.717) is 11.8 Å². The van der Waals surface area contributed by atoms with E-state index in [9.17, 15) is 24.2 Å². The highest BCUT2D eigenvalue weighted by molar-refractivity contribution is 6.37. The van der Waals surface area contributed by atoms with Crippen molar-refractivity contribution in [2.75, 3.05) is 5.32 Å². The number of amides is 1. The Hall–Kier alpha value is -3.12. The molecule has 0 aliphatic carbocycles. The van der Waals surface area contributed by atoms with Crippen LogP contribution in [-0.2, 0) is 11.2 Å². The third kappa shape index (κ3) is 4.07. The van der Waals surface area contributed by atoms with Gasteiger partial charge in [0.1, 0.15) is 11.6 Å². The molecule has 3 rings (SSSR count). The molecule has 1 unspecified atom stereocenters. The lowest BCUT2D eigenvalue weighted by molar-refractivity contribution is -0.119. The highest BCUT2D eigenvalue weighted by Gasteiger charge is 2.18. The van der Waals surface area contributed by atoms with Gasteiger partial charge in [0.15, 0.2) is 0 Å². The first kappa shape index (κ1) is 19.6. The molecule has 0 fully saturated rings. The molecule has 144 valence electrons. The number of hydrogen-bond donors (Lipinski definition) is 3. The Morgan fingerprint density at radius 2 is 1.89 bits per heavy atom. The van der Waals surface area contributed by atoms with E-state index in [1.807, 2.05) is 12.1 Å². The van der Waals surface area contributed by atoms with Crippen molar-refractivity contribution in [1.82, 2.24) is 0 Å². The van der Waals surface area contributed by atoms with Crippen molar-refractivity contribution in [2.45, 2.75) is 13.3 Å². The van der Waals surface area contributed by atoms with Crippen LogP contribution >= 0.6 is 11.6 Å². The average molecular weight is 402 g/mol. The summed E-state index contributed by atoms with van der Waals surface area (Å²) < 4.78 is 13.4. The van der Waals surface area contributed by atoms with Crippen LogP contribution in [0.3, 0.4) is 0 Å². The molecule has 0 radical (unpaired) electrons. The number of carbonyl (C=O) groups is 2. The third-order valence-electron chi connectivity index (χ3n) is 4.46. The van der Waals surface area contributed by atoms with Gasteiger partial charge < -0.3 is 15.5 Å². The summed E-state index contributed by atoms with van der Waals surface area (Å²) in [6.45, 7) is 1.70. The zero-order chi connectivity index (χ0) is 20.4. The van der Waals surface area contributed by atoms with Gasteiger partial charge in [0.05, 0.1) is 16.3 Å². The number of aromatic hydroxyl groups is 1. The SMILES string of the molecule is CC(Cc1ccc2c(Cl)c(O)ccc2c1)C(=O)Nc1cc(F)ccc1C(=O)O. The van der Waals surface area contributed by atoms with E-state index in [1.165, 1.54) is 6.07 Å². The number of phenolic OH excluding ortho intramolecular Hbond substituents is 1. The van der Waals surface area contributed by atoms with Gasteiger partial charge in [-0.3, -0.25) is 4.79 Å². The number of carboxylic acid groups (broad SMARTS) is 1. The van der Waals surface area contributed by atoms with Crippen LogP contribution in [0, 0.1) is 11.7 Å². The Morgan fingerprint density at radius 1 is 1.14 bits per heavy atom. The van der Waals surface area contributed by atoms with E-state index in [4.69, 9.17) is 11.6 Å². The molecular formula is C21H17ClFNO4. The molecule has 0 aliphatic heterocycles. The van der Waals surface area contributed by atoms with Crippen molar-refractivity contribution < 1.29 is 24.2 Å². The number of fused-ring (bicyclic) bond motifs is 1. The molecule has 0 bridgehead atoms. The van der Waals surface area contributed by atoms with E-state index < -0.39 is 23.6 Å². The summed E-state index contributed by atoms with van der Waals surface area (Å²) in [5.74, 6) is -2.80. The Balaban J connectivity index is 1.78. The summed E-state index contributed by atoms with van der Waals surface area (Å²) in [4.78, 5) is 23.7. The van der Waals surface area contributed by atoms with Gasteiger partial charge in [0.2, 0.25) is 5.91 Å². The summed E-state index contributed by atoms with van der Waals surface area (Å²) in [5.41, 5.74) is 0.613. The Labute approximate surface area is 165 Å². The second kappa shape index (κ2) is 7.86. The fraction of sp³-hybridized carbons (Fsp3) is 0.143. The molecule has 5 nitrogen and oxygen atoms in total. The number of rotatable bonds is 5. The number of carboxylic acids is 1. The second-order valence-electron chi connectivity index (χ2n) is 6.54. The predicted molar refractivity (Wildman–Crippen MR) is 105 cm³/mol. The summed E-state index contributed by atoms with van der Waals surface area (Å²) in [7, 11) is 0. The summed E-state index contributed by atoms with van der Waals surface area (Å²) >= 11 is 6.09. The molecule has 1 amide bonds. The van der Waals surface area contributed by atoms with Crippen molar-refractivity contribution in [1.29, 1.82) is 0 Å². The maximum atomic E-state index is 13.4. The van der Waals surface area contributed by atoms with Crippen molar-refractivity contribution in [3.05, 3.63) is 70.5 Å². The number of benzene rings is 3. The highest BCUT2D eigenvalue weighted by Crippen LogP contribution is 2.32. The molecule has 28 heavy (non-hydrogen) atoms. The number of hydrogen-bond acceptors (Lipinski definition) is 3. The van der Waals surface area contributed by atoms with Gasteiger partial charge in [0.25, 0.3) is 0 Å². The molecule has 0 saturated heterocycles. The van der Waals surface area contributed by atoms with E-state index in [0.717, 1.165) is 29.1 Å². The molecule has 3 aromatic carbocycles. The van der Waals surface area contributed by atoms with Crippen molar-refractivity contribution >= 4 is 39.9 Å². The Morgan fingerprint density at radius 3 is 2.61 bits per heavy atom. The predicted octanol–water partition coefficient (Wildman–Crippen LogP) is 4.85. The number of anilines is 1. The second-order valence-corrected chi connectivity index (χ2v) is 6.92. The van der Waals surface area contributed by atoms with Crippen molar-refractivity contribution in [3.63, 3.8) is 0 Å². The summed E-state index contributed by atoms with van der Waals surface area (Å²) in [5, 5.41) is 23.1. The van der Waals surface area contributed by atoms with E-state index >= 15 is 0 Å². The van der Waals surface area contributed by atoms with Crippen LogP contribution in [-0.4, -0.2) is 22.1 Å². The van der Waals surface area contributed by atoms with E-state index in [-0.39, 0.29) is 22.0 Å². The van der Waals surface area contributed by atoms with Crippen LogP contribution in [0.5, 0.6) is 5.75 Å². The largest absolute Gasteiger partial charge is 0.506 e. The van der Waals surface area contributed by atoms with Crippen LogP contribution in [0.15, 0.2) is 48.5 Å². The van der Waals surface area contributed by atoms with Crippen LogP contribution in [0.1, 0.15) is 22.8 Å². The Kier molecular flexibility index (Phi) is 5.51. The first-order valence-corrected chi connectivity index (χ1v) is 8.88. The summed E-state index contributed by atoms with van der Waals surface area (Å²) in [6.07, 6.45) is 0.387. The zero-order valence-electron chi connectivity index (χ0n) is 14.9. The standard InChI is InChI=1S/C21H17ClFNO4/c1-11(20(26)24-17-10-14(23)4-6-16(17)21(27)28)8-12-2-5-15-13(9-12)3-7-18(25)19(15)22/h2-7,9-11,25H,8H2,1H3,(H,24,26)(H,27,28). The van der Waals surface area contributed by atoms with Gasteiger partial charge in [-0.2, -0.15) is 0 Å². The van der Waals surface area contributed by atoms with Crippen LogP contribution in [0.2, 0.25) is 5.02 Å². The van der Waals surface area contributed by atoms with E-state index in [1.54, 1.807) is 19.1 Å². The number of phenols is 1. The maximum absolute atomic E-state index is 13.4. The van der Waals surface area contributed by atoms with Crippen LogP contribution in [0.25, 0.3) is 10.8 Å². The molecule has 0 saturated carbocycles. The molecular weight excluding hydrogens is 385 g/mol. The molecule has 0 heterocycles. The zero-order valence-corrected chi connectivity index (χ0v) is 15.6. The monoisotopic (exact) mass is 401 g/mol. The molecule has 0 aromatic heterocycles. The average Bonchev–Trinajstić information content (AvgIpc) is 2.64. The quantitative estimate of drug-likeness (QED) is 0.570. The van der Waals surface area contributed by atoms with Gasteiger partial charge >= 0.3 is 5.97 Å². The maximum Gasteiger partial charge on any atom is 0.337 e. The smallest absolute Gasteiger partial charge is 0.337 e. The molecule has 0 aliphatic rings. The van der Waals surface area contributed by atoms with E-state index in [2.05, 4.69) is 5.32 Å². The fourth-order valence-electron chi connectivity index (χ4n) is 2.97. The van der Waals surface area contributed by atoms with Gasteiger partial charge in [-0.1, -0.05) is 42.8 Å². The number of nitrogens with one attached hydrogen (secondary N) is 1. The molecule has 1 atom stereocenters. The molecule has 3 N–H and O–H groups in total. The van der Waals surface area contributed by atoms with Crippen LogP contribution < -0.4 is 5.32 Å². The van der Waals surface area contributed by atoms with Gasteiger partial charge in [-0.15, -0.1) is 0 Å². The van der Waals surface area contributed by atoms with Gasteiger partial charge in [-0.25, -0.2) is 9.18 Å². The molecule has 3 aromatic rings. The summed E-state index contributed by atoms with van der Waals surface area (Å²) in [6, 6.07) is 11.8. The molecule has 7 heteroatoms. The van der Waals surface area contributed by atoms with Crippen LogP contribution in [0.4, 0.5) is 10.1 Å². The van der Waals surface area contributed by atoms with Gasteiger partial charge in [0, 0.05) is 11.3 Å². The molecule has 0 spiro atoms. The lowest BCUT2D eigenvalue weighted by atomic mass is 9.97. The minimum atomic E-state index is -1.25.